The van der Waals surface area contributed by atoms with E-state index >= 15 is 0 Å². The number of aliphatic carboxylic acids is 1. The van der Waals surface area contributed by atoms with Crippen molar-refractivity contribution < 1.29 is 9.90 Å². The largest absolute Gasteiger partial charge is 0.481 e. The summed E-state index contributed by atoms with van der Waals surface area (Å²) in [7, 11) is 0. The van der Waals surface area contributed by atoms with Gasteiger partial charge in [0, 0.05) is 11.4 Å². The Labute approximate surface area is 119 Å². The molecule has 1 heterocycles. The normalized spacial score (nSPS) is 10.6. The zero-order valence-corrected chi connectivity index (χ0v) is 11.8. The van der Waals surface area contributed by atoms with Crippen molar-refractivity contribution >= 4 is 29.3 Å². The van der Waals surface area contributed by atoms with E-state index in [9.17, 15) is 4.79 Å². The first-order chi connectivity index (χ1) is 9.11. The van der Waals surface area contributed by atoms with Crippen LogP contribution in [0, 0.1) is 0 Å². The van der Waals surface area contributed by atoms with Gasteiger partial charge < -0.3 is 5.11 Å². The fraction of sp³-hybridized carbons (Fsp3) is 0.250. The molecule has 0 amide bonds. The second-order valence-corrected chi connectivity index (χ2v) is 5.13. The Morgan fingerprint density at radius 3 is 2.89 bits per heavy atom. The van der Waals surface area contributed by atoms with Crippen molar-refractivity contribution in [2.45, 2.75) is 18.5 Å². The first-order valence-corrected chi connectivity index (χ1v) is 7.03. The van der Waals surface area contributed by atoms with Crippen LogP contribution in [0.4, 0.5) is 0 Å². The number of hydrogen-bond donors (Lipinski definition) is 1. The van der Waals surface area contributed by atoms with Crippen molar-refractivity contribution in [1.82, 2.24) is 14.8 Å². The summed E-state index contributed by atoms with van der Waals surface area (Å²) in [6.07, 6.45) is 0.702. The highest BCUT2D eigenvalue weighted by molar-refractivity contribution is 7.99. The monoisotopic (exact) mass is 297 g/mol. The molecule has 1 N–H and O–H groups in total. The lowest BCUT2D eigenvalue weighted by atomic mass is 10.3. The molecule has 2 aromatic rings. The van der Waals surface area contributed by atoms with Crippen molar-refractivity contribution in [1.29, 1.82) is 0 Å². The van der Waals surface area contributed by atoms with Gasteiger partial charge in [0.05, 0.1) is 11.4 Å². The molecule has 100 valence electrons. The third kappa shape index (κ3) is 3.27. The lowest BCUT2D eigenvalue weighted by molar-refractivity contribution is -0.133. The maximum atomic E-state index is 10.7. The molecule has 0 fully saturated rings. The van der Waals surface area contributed by atoms with Gasteiger partial charge in [-0.05, 0) is 18.2 Å². The summed E-state index contributed by atoms with van der Waals surface area (Å²) in [6.45, 7) is 1.97. The lowest BCUT2D eigenvalue weighted by Crippen LogP contribution is -2.04. The van der Waals surface area contributed by atoms with Crippen LogP contribution < -0.4 is 0 Å². The van der Waals surface area contributed by atoms with Crippen LogP contribution >= 0.6 is 23.4 Å². The van der Waals surface area contributed by atoms with Crippen LogP contribution in [-0.4, -0.2) is 31.6 Å². The number of halogens is 1. The Bertz CT molecular complexity index is 600. The smallest absolute Gasteiger partial charge is 0.313 e. The SMILES string of the molecule is CCc1nnc(SCC(=O)O)n1-c1cccc(Cl)c1. The van der Waals surface area contributed by atoms with Crippen LogP contribution in [-0.2, 0) is 11.2 Å². The molecule has 0 aliphatic heterocycles. The molecule has 0 aliphatic rings. The van der Waals surface area contributed by atoms with Gasteiger partial charge in [-0.1, -0.05) is 36.4 Å². The van der Waals surface area contributed by atoms with E-state index in [4.69, 9.17) is 16.7 Å². The molecule has 0 spiro atoms. The minimum atomic E-state index is -0.885. The molecular weight excluding hydrogens is 286 g/mol. The van der Waals surface area contributed by atoms with E-state index in [0.29, 0.717) is 16.6 Å². The van der Waals surface area contributed by atoms with E-state index in [2.05, 4.69) is 10.2 Å². The number of benzene rings is 1. The van der Waals surface area contributed by atoms with Crippen LogP contribution in [0.5, 0.6) is 0 Å². The number of aromatic nitrogens is 3. The van der Waals surface area contributed by atoms with E-state index in [0.717, 1.165) is 23.3 Å². The van der Waals surface area contributed by atoms with Crippen LogP contribution in [0.1, 0.15) is 12.7 Å². The minimum absolute atomic E-state index is 0.0532. The van der Waals surface area contributed by atoms with Crippen molar-refractivity contribution in [3.8, 4) is 5.69 Å². The molecule has 5 nitrogen and oxygen atoms in total. The molecule has 0 bridgehead atoms. The zero-order valence-electron chi connectivity index (χ0n) is 10.2. The molecular formula is C12H12ClN3O2S. The van der Waals surface area contributed by atoms with Gasteiger partial charge in [0.2, 0.25) is 0 Å². The number of nitrogens with zero attached hydrogens (tertiary/aromatic N) is 3. The summed E-state index contributed by atoms with van der Waals surface area (Å²) in [5, 5.41) is 18.0. The summed E-state index contributed by atoms with van der Waals surface area (Å²) in [5.41, 5.74) is 0.835. The first-order valence-electron chi connectivity index (χ1n) is 5.66. The minimum Gasteiger partial charge on any atom is -0.481 e. The van der Waals surface area contributed by atoms with Crippen LogP contribution in [0.2, 0.25) is 5.02 Å². The summed E-state index contributed by atoms with van der Waals surface area (Å²) in [6, 6.07) is 7.31. The molecule has 0 saturated heterocycles. The molecule has 1 aromatic heterocycles. The molecule has 0 aliphatic carbocycles. The number of thioether (sulfide) groups is 1. The van der Waals surface area contributed by atoms with Crippen LogP contribution in [0.3, 0.4) is 0 Å². The number of rotatable bonds is 5. The standard InChI is InChI=1S/C12H12ClN3O2S/c1-2-10-14-15-12(19-7-11(17)18)16(10)9-5-3-4-8(13)6-9/h3-6H,2,7H2,1H3,(H,17,18). The van der Waals surface area contributed by atoms with Crippen LogP contribution in [0.25, 0.3) is 5.69 Å². The van der Waals surface area contributed by atoms with E-state index in [1.54, 1.807) is 12.1 Å². The topological polar surface area (TPSA) is 68.0 Å². The first kappa shape index (κ1) is 13.9. The third-order valence-corrected chi connectivity index (χ3v) is 3.56. The Balaban J connectivity index is 2.41. The van der Waals surface area contributed by atoms with Crippen LogP contribution in [0.15, 0.2) is 29.4 Å². The summed E-state index contributed by atoms with van der Waals surface area (Å²) < 4.78 is 1.83. The predicted molar refractivity (Wildman–Crippen MR) is 74.1 cm³/mol. The number of aryl methyl sites for hydroxylation is 1. The molecule has 7 heteroatoms. The number of carboxylic acids is 1. The zero-order chi connectivity index (χ0) is 13.8. The number of carbonyl (C=O) groups is 1. The van der Waals surface area contributed by atoms with Crippen molar-refractivity contribution in [2.75, 3.05) is 5.75 Å². The van der Waals surface area contributed by atoms with Gasteiger partial charge in [0.25, 0.3) is 0 Å². The highest BCUT2D eigenvalue weighted by atomic mass is 35.5. The van der Waals surface area contributed by atoms with Gasteiger partial charge in [0.15, 0.2) is 5.16 Å². The van der Waals surface area contributed by atoms with Gasteiger partial charge in [-0.25, -0.2) is 0 Å². The Hall–Kier alpha value is -1.53. The lowest BCUT2D eigenvalue weighted by Gasteiger charge is -2.08. The number of hydrogen-bond acceptors (Lipinski definition) is 4. The molecule has 1 aromatic carbocycles. The maximum Gasteiger partial charge on any atom is 0.313 e. The van der Waals surface area contributed by atoms with Crippen molar-refractivity contribution in [3.63, 3.8) is 0 Å². The van der Waals surface area contributed by atoms with Gasteiger partial charge in [-0.3, -0.25) is 9.36 Å². The Kier molecular flexibility index (Phi) is 4.44. The van der Waals surface area contributed by atoms with Gasteiger partial charge in [0.1, 0.15) is 5.82 Å². The average Bonchev–Trinajstić information content (AvgIpc) is 2.79. The molecule has 19 heavy (non-hydrogen) atoms. The number of carboxylic acid groups (broad SMARTS) is 1. The summed E-state index contributed by atoms with van der Waals surface area (Å²) >= 11 is 7.12. The van der Waals surface area contributed by atoms with Crippen molar-refractivity contribution in [2.24, 2.45) is 0 Å². The predicted octanol–water partition coefficient (Wildman–Crippen LogP) is 2.66. The fourth-order valence-electron chi connectivity index (χ4n) is 1.62. The van der Waals surface area contributed by atoms with Gasteiger partial charge in [-0.15, -0.1) is 10.2 Å². The summed E-state index contributed by atoms with van der Waals surface area (Å²) in [4.78, 5) is 10.7. The Morgan fingerprint density at radius 2 is 2.26 bits per heavy atom. The molecule has 0 atom stereocenters. The molecule has 0 unspecified atom stereocenters. The summed E-state index contributed by atoms with van der Waals surface area (Å²) in [5.74, 6) is -0.165. The van der Waals surface area contributed by atoms with E-state index < -0.39 is 5.97 Å². The van der Waals surface area contributed by atoms with Gasteiger partial charge in [-0.2, -0.15) is 0 Å². The maximum absolute atomic E-state index is 10.7. The fourth-order valence-corrected chi connectivity index (χ4v) is 2.50. The molecule has 0 saturated carbocycles. The van der Waals surface area contributed by atoms with Crippen molar-refractivity contribution in [3.05, 3.63) is 35.1 Å². The highest BCUT2D eigenvalue weighted by Crippen LogP contribution is 2.24. The quantitative estimate of drug-likeness (QED) is 0.859. The van der Waals surface area contributed by atoms with E-state index in [1.165, 1.54) is 0 Å². The van der Waals surface area contributed by atoms with E-state index in [1.807, 2.05) is 23.6 Å². The highest BCUT2D eigenvalue weighted by Gasteiger charge is 2.14. The molecule has 0 radical (unpaired) electrons. The Morgan fingerprint density at radius 1 is 1.47 bits per heavy atom. The van der Waals surface area contributed by atoms with E-state index in [-0.39, 0.29) is 5.75 Å². The second kappa shape index (κ2) is 6.08. The molecule has 2 rings (SSSR count). The third-order valence-electron chi connectivity index (χ3n) is 2.41. The second-order valence-electron chi connectivity index (χ2n) is 3.75. The average molecular weight is 298 g/mol. The van der Waals surface area contributed by atoms with Gasteiger partial charge >= 0.3 is 5.97 Å².